The molecule has 0 radical (unpaired) electrons. The first-order chi connectivity index (χ1) is 11.2. The van der Waals surface area contributed by atoms with Crippen LogP contribution in [0, 0.1) is 0 Å². The van der Waals surface area contributed by atoms with Crippen LogP contribution in [0.3, 0.4) is 0 Å². The van der Waals surface area contributed by atoms with Crippen LogP contribution in [0.4, 0.5) is 11.4 Å². The molecule has 2 aromatic carbocycles. The van der Waals surface area contributed by atoms with Gasteiger partial charge in [-0.3, -0.25) is 0 Å². The third kappa shape index (κ3) is 2.73. The van der Waals surface area contributed by atoms with Crippen LogP contribution in [0.2, 0.25) is 5.02 Å². The van der Waals surface area contributed by atoms with E-state index in [0.717, 1.165) is 30.2 Å². The molecule has 2 heterocycles. The Balaban J connectivity index is 1.89. The molecule has 23 heavy (non-hydrogen) atoms. The molecule has 0 aliphatic carbocycles. The van der Waals surface area contributed by atoms with Crippen LogP contribution in [-0.2, 0) is 4.74 Å². The van der Waals surface area contributed by atoms with E-state index in [2.05, 4.69) is 4.90 Å². The SMILES string of the molecule is Nc1ccc2c(c1)C(N1CCOCC1)=Nc1cc(Cl)ccc1O2. The van der Waals surface area contributed by atoms with Gasteiger partial charge in [0.05, 0.1) is 18.8 Å². The van der Waals surface area contributed by atoms with Gasteiger partial charge in [-0.05, 0) is 36.4 Å². The summed E-state index contributed by atoms with van der Waals surface area (Å²) in [4.78, 5) is 7.02. The van der Waals surface area contributed by atoms with E-state index >= 15 is 0 Å². The fourth-order valence-electron chi connectivity index (χ4n) is 2.78. The van der Waals surface area contributed by atoms with E-state index in [4.69, 9.17) is 31.8 Å². The Morgan fingerprint density at radius 3 is 2.65 bits per heavy atom. The number of amidine groups is 1. The number of morpholine rings is 1. The number of fused-ring (bicyclic) bond motifs is 2. The van der Waals surface area contributed by atoms with E-state index in [1.807, 2.05) is 30.3 Å². The maximum absolute atomic E-state index is 6.12. The highest BCUT2D eigenvalue weighted by Gasteiger charge is 2.24. The van der Waals surface area contributed by atoms with Gasteiger partial charge in [0.25, 0.3) is 0 Å². The van der Waals surface area contributed by atoms with E-state index < -0.39 is 0 Å². The van der Waals surface area contributed by atoms with Gasteiger partial charge >= 0.3 is 0 Å². The molecular weight excluding hydrogens is 314 g/mol. The summed E-state index contributed by atoms with van der Waals surface area (Å²) in [6, 6.07) is 11.1. The van der Waals surface area contributed by atoms with Crippen molar-refractivity contribution in [1.29, 1.82) is 0 Å². The first-order valence-electron chi connectivity index (χ1n) is 7.49. The Bertz CT molecular complexity index is 785. The van der Waals surface area contributed by atoms with Gasteiger partial charge in [-0.1, -0.05) is 11.6 Å². The lowest BCUT2D eigenvalue weighted by Crippen LogP contribution is -2.41. The highest BCUT2D eigenvalue weighted by atomic mass is 35.5. The summed E-state index contributed by atoms with van der Waals surface area (Å²) in [7, 11) is 0. The van der Waals surface area contributed by atoms with E-state index in [1.54, 1.807) is 6.07 Å². The molecule has 5 nitrogen and oxygen atoms in total. The number of nitrogen functional groups attached to an aromatic ring is 1. The monoisotopic (exact) mass is 329 g/mol. The lowest BCUT2D eigenvalue weighted by Gasteiger charge is -2.30. The Morgan fingerprint density at radius 2 is 1.83 bits per heavy atom. The summed E-state index contributed by atoms with van der Waals surface area (Å²) in [6.45, 7) is 2.92. The van der Waals surface area contributed by atoms with E-state index in [0.29, 0.717) is 35.4 Å². The van der Waals surface area contributed by atoms with Gasteiger partial charge in [0, 0.05) is 23.8 Å². The first-order valence-corrected chi connectivity index (χ1v) is 7.87. The zero-order valence-corrected chi connectivity index (χ0v) is 13.2. The summed E-state index contributed by atoms with van der Waals surface area (Å²) in [6.07, 6.45) is 0. The second-order valence-corrected chi connectivity index (χ2v) is 5.94. The van der Waals surface area contributed by atoms with Crippen molar-refractivity contribution in [3.05, 3.63) is 47.0 Å². The van der Waals surface area contributed by atoms with Crippen LogP contribution in [0.1, 0.15) is 5.56 Å². The molecule has 2 aromatic rings. The van der Waals surface area contributed by atoms with Crippen molar-refractivity contribution < 1.29 is 9.47 Å². The summed E-state index contributed by atoms with van der Waals surface area (Å²) in [5.74, 6) is 2.27. The maximum Gasteiger partial charge on any atom is 0.153 e. The molecule has 0 aromatic heterocycles. The molecule has 0 saturated carbocycles. The molecule has 0 bridgehead atoms. The zero-order valence-electron chi connectivity index (χ0n) is 12.5. The minimum atomic E-state index is 0.628. The van der Waals surface area contributed by atoms with Crippen LogP contribution in [0.5, 0.6) is 11.5 Å². The van der Waals surface area contributed by atoms with Crippen molar-refractivity contribution in [2.45, 2.75) is 0 Å². The van der Waals surface area contributed by atoms with Crippen molar-refractivity contribution >= 4 is 28.8 Å². The largest absolute Gasteiger partial charge is 0.454 e. The van der Waals surface area contributed by atoms with Crippen LogP contribution in [-0.4, -0.2) is 37.0 Å². The van der Waals surface area contributed by atoms with Crippen LogP contribution < -0.4 is 10.5 Å². The Hall–Kier alpha value is -2.24. The van der Waals surface area contributed by atoms with Crippen molar-refractivity contribution in [1.82, 2.24) is 4.90 Å². The van der Waals surface area contributed by atoms with Gasteiger partial charge in [0.2, 0.25) is 0 Å². The molecule has 0 atom stereocenters. The minimum absolute atomic E-state index is 0.628. The summed E-state index contributed by atoms with van der Waals surface area (Å²) >= 11 is 6.12. The lowest BCUT2D eigenvalue weighted by molar-refractivity contribution is 0.0683. The number of halogens is 1. The molecular formula is C17H16ClN3O2. The quantitative estimate of drug-likeness (QED) is 0.752. The van der Waals surface area contributed by atoms with Gasteiger partial charge in [0.15, 0.2) is 5.75 Å². The number of hydrogen-bond donors (Lipinski definition) is 1. The Morgan fingerprint density at radius 1 is 1.04 bits per heavy atom. The summed E-state index contributed by atoms with van der Waals surface area (Å²) in [5.41, 5.74) is 8.26. The van der Waals surface area contributed by atoms with E-state index in [1.165, 1.54) is 0 Å². The van der Waals surface area contributed by atoms with Gasteiger partial charge in [-0.2, -0.15) is 0 Å². The predicted octanol–water partition coefficient (Wildman–Crippen LogP) is 3.44. The summed E-state index contributed by atoms with van der Waals surface area (Å²) in [5, 5.41) is 0.628. The second-order valence-electron chi connectivity index (χ2n) is 5.50. The topological polar surface area (TPSA) is 60.1 Å². The number of anilines is 1. The number of hydrogen-bond acceptors (Lipinski definition) is 5. The number of nitrogens with zero attached hydrogens (tertiary/aromatic N) is 2. The third-order valence-electron chi connectivity index (χ3n) is 3.92. The highest BCUT2D eigenvalue weighted by Crippen LogP contribution is 2.40. The maximum atomic E-state index is 6.12. The standard InChI is InChI=1S/C17H16ClN3O2/c18-11-1-3-16-14(9-11)20-17(21-5-7-22-8-6-21)13-10-12(19)2-4-15(13)23-16/h1-4,9-10H,5-8,19H2. The highest BCUT2D eigenvalue weighted by molar-refractivity contribution is 6.31. The molecule has 0 spiro atoms. The molecule has 6 heteroatoms. The minimum Gasteiger partial charge on any atom is -0.454 e. The normalized spacial score (nSPS) is 16.7. The fourth-order valence-corrected chi connectivity index (χ4v) is 2.95. The van der Waals surface area contributed by atoms with Crippen LogP contribution in [0.15, 0.2) is 41.4 Å². The number of ether oxygens (including phenoxy) is 2. The second kappa shape index (κ2) is 5.76. The Kier molecular flexibility index (Phi) is 3.59. The molecule has 2 N–H and O–H groups in total. The molecule has 118 valence electrons. The van der Waals surface area contributed by atoms with E-state index in [-0.39, 0.29) is 0 Å². The molecule has 0 amide bonds. The van der Waals surface area contributed by atoms with Gasteiger partial charge < -0.3 is 20.1 Å². The van der Waals surface area contributed by atoms with E-state index in [9.17, 15) is 0 Å². The first kappa shape index (κ1) is 14.4. The van der Waals surface area contributed by atoms with Crippen LogP contribution >= 0.6 is 11.6 Å². The average Bonchev–Trinajstić information content (AvgIpc) is 2.72. The van der Waals surface area contributed by atoms with Gasteiger partial charge in [0.1, 0.15) is 17.3 Å². The fraction of sp³-hybridized carbons (Fsp3) is 0.235. The molecule has 1 saturated heterocycles. The number of aliphatic imine (C=N–C) groups is 1. The van der Waals surface area contributed by atoms with Gasteiger partial charge in [-0.25, -0.2) is 4.99 Å². The zero-order chi connectivity index (χ0) is 15.8. The van der Waals surface area contributed by atoms with Crippen molar-refractivity contribution in [2.75, 3.05) is 32.0 Å². The van der Waals surface area contributed by atoms with Crippen molar-refractivity contribution in [3.8, 4) is 11.5 Å². The Labute approximate surface area is 139 Å². The summed E-state index contributed by atoms with van der Waals surface area (Å²) < 4.78 is 11.5. The molecule has 4 rings (SSSR count). The average molecular weight is 330 g/mol. The molecule has 2 aliphatic heterocycles. The third-order valence-corrected chi connectivity index (χ3v) is 4.16. The van der Waals surface area contributed by atoms with Gasteiger partial charge in [-0.15, -0.1) is 0 Å². The molecule has 1 fully saturated rings. The van der Waals surface area contributed by atoms with Crippen LogP contribution in [0.25, 0.3) is 0 Å². The lowest BCUT2D eigenvalue weighted by atomic mass is 10.1. The number of benzene rings is 2. The number of nitrogens with two attached hydrogens (primary N) is 1. The molecule has 0 unspecified atom stereocenters. The van der Waals surface area contributed by atoms with Crippen molar-refractivity contribution in [3.63, 3.8) is 0 Å². The predicted molar refractivity (Wildman–Crippen MR) is 91.0 cm³/mol. The van der Waals surface area contributed by atoms with Crippen molar-refractivity contribution in [2.24, 2.45) is 4.99 Å². The molecule has 2 aliphatic rings. The number of rotatable bonds is 0. The smallest absolute Gasteiger partial charge is 0.153 e.